The zero-order chi connectivity index (χ0) is 15.2. The summed E-state index contributed by atoms with van der Waals surface area (Å²) in [7, 11) is -3.81. The lowest BCUT2D eigenvalue weighted by molar-refractivity contribution is -0.139. The van der Waals surface area contributed by atoms with E-state index in [0.717, 1.165) is 0 Å². The van der Waals surface area contributed by atoms with Crippen LogP contribution in [0.3, 0.4) is 0 Å². The Morgan fingerprint density at radius 2 is 1.90 bits per heavy atom. The molecule has 0 aliphatic heterocycles. The highest BCUT2D eigenvalue weighted by Gasteiger charge is 2.15. The van der Waals surface area contributed by atoms with Crippen LogP contribution in [0, 0.1) is 0 Å². The number of nitrogens with one attached hydrogen (secondary N) is 1. The van der Waals surface area contributed by atoms with Crippen molar-refractivity contribution in [1.82, 2.24) is 4.72 Å². The van der Waals surface area contributed by atoms with Crippen molar-refractivity contribution in [2.24, 2.45) is 0 Å². The molecule has 8 nitrogen and oxygen atoms in total. The zero-order valence-electron chi connectivity index (χ0n) is 10.4. The highest BCUT2D eigenvalue weighted by molar-refractivity contribution is 7.89. The highest BCUT2D eigenvalue weighted by Crippen LogP contribution is 2.15. The van der Waals surface area contributed by atoms with Gasteiger partial charge in [-0.25, -0.2) is 17.9 Å². The lowest BCUT2D eigenvalue weighted by Gasteiger charge is -2.10. The fourth-order valence-electron chi connectivity index (χ4n) is 1.21. The minimum atomic E-state index is -3.81. The molecular weight excluding hydrogens is 290 g/mol. The number of sulfonamides is 1. The van der Waals surface area contributed by atoms with Crippen molar-refractivity contribution in [3.63, 3.8) is 0 Å². The third kappa shape index (κ3) is 5.13. The number of benzene rings is 1. The summed E-state index contributed by atoms with van der Waals surface area (Å²) >= 11 is 0. The monoisotopic (exact) mass is 305 g/mol. The lowest BCUT2D eigenvalue weighted by atomic mass is 10.3. The molecule has 0 saturated heterocycles. The number of hydrogen-bond acceptors (Lipinski definition) is 6. The average Bonchev–Trinajstić information content (AvgIpc) is 2.43. The Hall–Kier alpha value is -1.68. The molecule has 0 bridgehead atoms. The van der Waals surface area contributed by atoms with Gasteiger partial charge in [-0.2, -0.15) is 0 Å². The number of rotatable bonds is 8. The molecule has 1 atom stereocenters. The molecule has 1 aromatic carbocycles. The number of aliphatic hydroxyl groups excluding tert-OH is 2. The molecule has 0 saturated carbocycles. The van der Waals surface area contributed by atoms with Crippen LogP contribution in [0.15, 0.2) is 29.2 Å². The maximum absolute atomic E-state index is 11.8. The number of hydrogen-bond donors (Lipinski definition) is 4. The van der Waals surface area contributed by atoms with Crippen LogP contribution in [0.1, 0.15) is 0 Å². The van der Waals surface area contributed by atoms with Crippen molar-refractivity contribution in [2.75, 3.05) is 19.8 Å². The van der Waals surface area contributed by atoms with Crippen LogP contribution in [0.25, 0.3) is 0 Å². The summed E-state index contributed by atoms with van der Waals surface area (Å²) in [5, 5.41) is 26.1. The Balaban J connectivity index is 2.69. The smallest absolute Gasteiger partial charge is 0.341 e. The van der Waals surface area contributed by atoms with Gasteiger partial charge in [-0.15, -0.1) is 0 Å². The van der Waals surface area contributed by atoms with Crippen molar-refractivity contribution in [2.45, 2.75) is 11.0 Å². The normalized spacial score (nSPS) is 12.9. The summed E-state index contributed by atoms with van der Waals surface area (Å²) in [5.74, 6) is -0.914. The SMILES string of the molecule is O=C(O)COc1ccc(S(=O)(=O)NCC(O)CO)cc1. The van der Waals surface area contributed by atoms with Gasteiger partial charge in [-0.1, -0.05) is 0 Å². The van der Waals surface area contributed by atoms with Crippen molar-refractivity contribution in [3.05, 3.63) is 24.3 Å². The molecule has 0 aromatic heterocycles. The van der Waals surface area contributed by atoms with Crippen molar-refractivity contribution >= 4 is 16.0 Å². The van der Waals surface area contributed by atoms with Crippen LogP contribution < -0.4 is 9.46 Å². The van der Waals surface area contributed by atoms with Crippen molar-refractivity contribution < 1.29 is 33.3 Å². The molecule has 9 heteroatoms. The second kappa shape index (κ2) is 7.20. The molecule has 0 radical (unpaired) electrons. The van der Waals surface area contributed by atoms with E-state index in [1.54, 1.807) is 0 Å². The molecule has 4 N–H and O–H groups in total. The molecule has 0 aliphatic carbocycles. The minimum absolute atomic E-state index is 0.0645. The quantitative estimate of drug-likeness (QED) is 0.473. The predicted octanol–water partition coefficient (Wildman–Crippen LogP) is -1.22. The molecule has 0 aliphatic rings. The maximum Gasteiger partial charge on any atom is 0.341 e. The van der Waals surface area contributed by atoms with Crippen LogP contribution in [-0.2, 0) is 14.8 Å². The molecule has 112 valence electrons. The number of aliphatic hydroxyl groups is 2. The van der Waals surface area contributed by atoms with E-state index in [4.69, 9.17) is 20.1 Å². The summed E-state index contributed by atoms with van der Waals surface area (Å²) in [5.41, 5.74) is 0. The van der Waals surface area contributed by atoms with E-state index in [1.807, 2.05) is 0 Å². The maximum atomic E-state index is 11.8. The molecular formula is C11H15NO7S. The Bertz CT molecular complexity index is 540. The molecule has 0 heterocycles. The third-order valence-electron chi connectivity index (χ3n) is 2.22. The van der Waals surface area contributed by atoms with E-state index >= 15 is 0 Å². The van der Waals surface area contributed by atoms with Crippen LogP contribution in [0.5, 0.6) is 5.75 Å². The second-order valence-corrected chi connectivity index (χ2v) is 5.61. The van der Waals surface area contributed by atoms with E-state index in [0.29, 0.717) is 0 Å². The number of ether oxygens (including phenoxy) is 1. The molecule has 20 heavy (non-hydrogen) atoms. The van der Waals surface area contributed by atoms with Gasteiger partial charge in [0.25, 0.3) is 0 Å². The zero-order valence-corrected chi connectivity index (χ0v) is 11.2. The summed E-state index contributed by atoms with van der Waals surface area (Å²) in [6.45, 7) is -1.38. The molecule has 0 amide bonds. The fourth-order valence-corrected chi connectivity index (χ4v) is 2.29. The number of carboxylic acid groups (broad SMARTS) is 1. The van der Waals surface area contributed by atoms with Gasteiger partial charge in [-0.05, 0) is 24.3 Å². The number of carboxylic acids is 1. The summed E-state index contributed by atoms with van der Waals surface area (Å²) in [4.78, 5) is 10.2. The van der Waals surface area contributed by atoms with Gasteiger partial charge in [0.1, 0.15) is 5.75 Å². The second-order valence-electron chi connectivity index (χ2n) is 3.84. The predicted molar refractivity (Wildman–Crippen MR) is 67.9 cm³/mol. The largest absolute Gasteiger partial charge is 0.482 e. The summed E-state index contributed by atoms with van der Waals surface area (Å²) in [6, 6.07) is 5.12. The Labute approximate surface area is 115 Å². The van der Waals surface area contributed by atoms with E-state index in [-0.39, 0.29) is 17.2 Å². The Kier molecular flexibility index (Phi) is 5.89. The van der Waals surface area contributed by atoms with E-state index in [2.05, 4.69) is 4.72 Å². The van der Waals surface area contributed by atoms with Crippen LogP contribution in [0.4, 0.5) is 0 Å². The standard InChI is InChI=1S/C11H15NO7S/c13-6-8(14)5-12-20(17,18)10-3-1-9(2-4-10)19-7-11(15)16/h1-4,8,12-14H,5-7H2,(H,15,16). The van der Waals surface area contributed by atoms with Gasteiger partial charge in [-0.3, -0.25) is 0 Å². The summed E-state index contributed by atoms with van der Waals surface area (Å²) < 4.78 is 30.6. The third-order valence-corrected chi connectivity index (χ3v) is 3.66. The molecule has 0 spiro atoms. The topological polar surface area (TPSA) is 133 Å². The van der Waals surface area contributed by atoms with Gasteiger partial charge in [0.05, 0.1) is 17.6 Å². The molecule has 1 unspecified atom stereocenters. The first-order chi connectivity index (χ1) is 9.35. The minimum Gasteiger partial charge on any atom is -0.482 e. The Morgan fingerprint density at radius 3 is 2.40 bits per heavy atom. The number of carbonyl (C=O) groups is 1. The molecule has 1 aromatic rings. The molecule has 1 rings (SSSR count). The van der Waals surface area contributed by atoms with Crippen LogP contribution in [-0.4, -0.2) is 55.6 Å². The van der Waals surface area contributed by atoms with Crippen molar-refractivity contribution in [3.8, 4) is 5.75 Å². The first-order valence-corrected chi connectivity index (χ1v) is 7.06. The Morgan fingerprint density at radius 1 is 1.30 bits per heavy atom. The summed E-state index contributed by atoms with van der Waals surface area (Å²) in [6.07, 6.45) is -1.18. The van der Waals surface area contributed by atoms with E-state index in [9.17, 15) is 13.2 Å². The van der Waals surface area contributed by atoms with Gasteiger partial charge < -0.3 is 20.1 Å². The van der Waals surface area contributed by atoms with Gasteiger partial charge >= 0.3 is 5.97 Å². The number of aliphatic carboxylic acids is 1. The average molecular weight is 305 g/mol. The molecule has 0 fully saturated rings. The van der Waals surface area contributed by atoms with E-state index in [1.165, 1.54) is 24.3 Å². The van der Waals surface area contributed by atoms with Crippen LogP contribution in [0.2, 0.25) is 0 Å². The first-order valence-electron chi connectivity index (χ1n) is 5.58. The van der Waals surface area contributed by atoms with E-state index < -0.39 is 35.3 Å². The van der Waals surface area contributed by atoms with Crippen molar-refractivity contribution in [1.29, 1.82) is 0 Å². The van der Waals surface area contributed by atoms with Gasteiger partial charge in [0.2, 0.25) is 10.0 Å². The fraction of sp³-hybridized carbons (Fsp3) is 0.364. The van der Waals surface area contributed by atoms with Gasteiger partial charge in [0.15, 0.2) is 6.61 Å². The first kappa shape index (κ1) is 16.4. The van der Waals surface area contributed by atoms with Crippen LogP contribution >= 0.6 is 0 Å². The lowest BCUT2D eigenvalue weighted by Crippen LogP contribution is -2.33. The van der Waals surface area contributed by atoms with Gasteiger partial charge in [0, 0.05) is 6.54 Å². The highest BCUT2D eigenvalue weighted by atomic mass is 32.2.